The lowest BCUT2D eigenvalue weighted by atomic mass is 10.1. The predicted octanol–water partition coefficient (Wildman–Crippen LogP) is 6.75. The standard InChI is InChI=1S/C27H18ClF4IN2O5/c1-2-39-22-11-15(10-20(33)23(22)40-13-14-3-6-17(29)7-4-14)9-18-24(36)34-26(38)35(25(18)37)21-12-16(27(30,31)32)5-8-19(21)28/h3-12H,2,13H2,1H3,(H,34,36,38)/b18-9+. The second-order valence-corrected chi connectivity index (χ2v) is 9.87. The highest BCUT2D eigenvalue weighted by molar-refractivity contribution is 14.1. The maximum atomic E-state index is 13.3. The largest absolute Gasteiger partial charge is 0.490 e. The van der Waals surface area contributed by atoms with E-state index in [1.165, 1.54) is 24.3 Å². The second kappa shape index (κ2) is 11.8. The molecule has 0 atom stereocenters. The Morgan fingerprint density at radius 1 is 1.02 bits per heavy atom. The van der Waals surface area contributed by atoms with Gasteiger partial charge in [-0.15, -0.1) is 0 Å². The number of halogens is 6. The summed E-state index contributed by atoms with van der Waals surface area (Å²) in [6, 6.07) is 9.73. The van der Waals surface area contributed by atoms with Crippen molar-refractivity contribution >= 4 is 63.8 Å². The van der Waals surface area contributed by atoms with E-state index in [-0.39, 0.29) is 29.8 Å². The summed E-state index contributed by atoms with van der Waals surface area (Å²) in [5, 5.41) is 1.65. The Labute approximate surface area is 243 Å². The van der Waals surface area contributed by atoms with Crippen LogP contribution in [0.4, 0.5) is 28.0 Å². The molecular formula is C27H18ClF4IN2O5. The van der Waals surface area contributed by atoms with Crippen molar-refractivity contribution in [2.75, 3.05) is 11.5 Å². The highest BCUT2D eigenvalue weighted by Crippen LogP contribution is 2.38. The summed E-state index contributed by atoms with van der Waals surface area (Å²) in [5.41, 5.74) is -1.18. The van der Waals surface area contributed by atoms with E-state index in [1.807, 2.05) is 27.9 Å². The van der Waals surface area contributed by atoms with Crippen molar-refractivity contribution in [3.63, 3.8) is 0 Å². The van der Waals surface area contributed by atoms with Gasteiger partial charge in [-0.25, -0.2) is 14.1 Å². The molecule has 0 radical (unpaired) electrons. The fourth-order valence-electron chi connectivity index (χ4n) is 3.71. The van der Waals surface area contributed by atoms with Gasteiger partial charge in [-0.3, -0.25) is 14.9 Å². The number of benzene rings is 3. The lowest BCUT2D eigenvalue weighted by Crippen LogP contribution is -2.54. The molecule has 1 heterocycles. The lowest BCUT2D eigenvalue weighted by Gasteiger charge is -2.27. The molecule has 0 aliphatic carbocycles. The van der Waals surface area contributed by atoms with Crippen LogP contribution in [0.3, 0.4) is 0 Å². The van der Waals surface area contributed by atoms with Crippen LogP contribution < -0.4 is 19.7 Å². The minimum absolute atomic E-state index is 0.104. The molecule has 208 valence electrons. The Morgan fingerprint density at radius 2 is 1.73 bits per heavy atom. The third kappa shape index (κ3) is 6.39. The Hall–Kier alpha value is -3.65. The number of hydrogen-bond acceptors (Lipinski definition) is 5. The molecule has 1 fully saturated rings. The smallest absolute Gasteiger partial charge is 0.416 e. The molecule has 1 aliphatic heterocycles. The van der Waals surface area contributed by atoms with Crippen molar-refractivity contribution in [3.05, 3.63) is 91.3 Å². The van der Waals surface area contributed by atoms with Crippen LogP contribution in [0, 0.1) is 9.39 Å². The topological polar surface area (TPSA) is 84.9 Å². The van der Waals surface area contributed by atoms with Gasteiger partial charge >= 0.3 is 12.2 Å². The molecule has 40 heavy (non-hydrogen) atoms. The maximum Gasteiger partial charge on any atom is 0.416 e. The van der Waals surface area contributed by atoms with Crippen molar-refractivity contribution in [1.29, 1.82) is 0 Å². The molecule has 0 bridgehead atoms. The lowest BCUT2D eigenvalue weighted by molar-refractivity contribution is -0.137. The van der Waals surface area contributed by atoms with Gasteiger partial charge in [0.1, 0.15) is 18.0 Å². The zero-order valence-corrected chi connectivity index (χ0v) is 23.4. The van der Waals surface area contributed by atoms with Gasteiger partial charge < -0.3 is 9.47 Å². The van der Waals surface area contributed by atoms with E-state index in [2.05, 4.69) is 0 Å². The van der Waals surface area contributed by atoms with Crippen LogP contribution in [0.2, 0.25) is 5.02 Å². The third-order valence-corrected chi connectivity index (χ3v) is 6.68. The highest BCUT2D eigenvalue weighted by Gasteiger charge is 2.39. The molecule has 4 amide bonds. The van der Waals surface area contributed by atoms with E-state index in [1.54, 1.807) is 25.1 Å². The quantitative estimate of drug-likeness (QED) is 0.129. The molecule has 3 aromatic carbocycles. The van der Waals surface area contributed by atoms with E-state index >= 15 is 0 Å². The predicted molar refractivity (Wildman–Crippen MR) is 147 cm³/mol. The van der Waals surface area contributed by atoms with Gasteiger partial charge in [0.15, 0.2) is 11.5 Å². The van der Waals surface area contributed by atoms with Crippen molar-refractivity contribution in [2.24, 2.45) is 0 Å². The normalized spacial score (nSPS) is 14.9. The molecule has 1 N–H and O–H groups in total. The van der Waals surface area contributed by atoms with Gasteiger partial charge in [0.2, 0.25) is 0 Å². The Morgan fingerprint density at radius 3 is 2.38 bits per heavy atom. The number of amides is 4. The van der Waals surface area contributed by atoms with Gasteiger partial charge in [-0.1, -0.05) is 23.7 Å². The number of barbiturate groups is 1. The molecule has 1 aliphatic rings. The van der Waals surface area contributed by atoms with Gasteiger partial charge in [0, 0.05) is 0 Å². The van der Waals surface area contributed by atoms with Gasteiger partial charge in [-0.2, -0.15) is 13.2 Å². The third-order valence-electron chi connectivity index (χ3n) is 5.56. The summed E-state index contributed by atoms with van der Waals surface area (Å²) in [4.78, 5) is 38.8. The first-order chi connectivity index (χ1) is 18.9. The molecule has 0 saturated carbocycles. The summed E-state index contributed by atoms with van der Waals surface area (Å²) in [6.45, 7) is 2.09. The first kappa shape index (κ1) is 29.3. The number of urea groups is 1. The van der Waals surface area contributed by atoms with E-state index < -0.39 is 40.8 Å². The number of nitrogens with zero attached hydrogens (tertiary/aromatic N) is 1. The number of carbonyl (C=O) groups excluding carboxylic acids is 3. The fraction of sp³-hybridized carbons (Fsp3) is 0.148. The van der Waals surface area contributed by atoms with Crippen LogP contribution in [0.15, 0.2) is 60.2 Å². The summed E-state index contributed by atoms with van der Waals surface area (Å²) in [5.74, 6) is -1.96. The van der Waals surface area contributed by atoms with Gasteiger partial charge in [0.05, 0.1) is 26.5 Å². The summed E-state index contributed by atoms with van der Waals surface area (Å²) < 4.78 is 65.1. The monoisotopic (exact) mass is 688 g/mol. The molecule has 0 unspecified atom stereocenters. The number of nitrogens with one attached hydrogen (secondary N) is 1. The highest BCUT2D eigenvalue weighted by atomic mass is 127. The number of ether oxygens (including phenoxy) is 2. The molecular weight excluding hydrogens is 671 g/mol. The van der Waals surface area contributed by atoms with Crippen molar-refractivity contribution in [1.82, 2.24) is 5.32 Å². The van der Waals surface area contributed by atoms with Gasteiger partial charge in [0.25, 0.3) is 11.8 Å². The molecule has 7 nitrogen and oxygen atoms in total. The van der Waals surface area contributed by atoms with Crippen LogP contribution in [0.5, 0.6) is 11.5 Å². The number of rotatable bonds is 7. The van der Waals surface area contributed by atoms with Crippen molar-refractivity contribution < 1.29 is 41.4 Å². The summed E-state index contributed by atoms with van der Waals surface area (Å²) in [6.07, 6.45) is -3.59. The van der Waals surface area contributed by atoms with Crippen LogP contribution in [-0.4, -0.2) is 24.5 Å². The summed E-state index contributed by atoms with van der Waals surface area (Å²) in [7, 11) is 0. The Bertz CT molecular complexity index is 1530. The molecule has 0 aromatic heterocycles. The Kier molecular flexibility index (Phi) is 8.68. The fourth-order valence-corrected chi connectivity index (χ4v) is 4.70. The molecule has 3 aromatic rings. The number of hydrogen-bond donors (Lipinski definition) is 1. The molecule has 4 rings (SSSR count). The zero-order chi connectivity index (χ0) is 29.2. The second-order valence-electron chi connectivity index (χ2n) is 8.30. The summed E-state index contributed by atoms with van der Waals surface area (Å²) >= 11 is 8.00. The van der Waals surface area contributed by atoms with Crippen molar-refractivity contribution in [2.45, 2.75) is 19.7 Å². The first-order valence-electron chi connectivity index (χ1n) is 11.5. The first-order valence-corrected chi connectivity index (χ1v) is 13.0. The number of imide groups is 2. The molecule has 0 spiro atoms. The van der Waals surface area contributed by atoms with E-state index in [0.29, 0.717) is 37.5 Å². The van der Waals surface area contributed by atoms with E-state index in [0.717, 1.165) is 6.07 Å². The average molecular weight is 689 g/mol. The Balaban J connectivity index is 1.69. The van der Waals surface area contributed by atoms with Crippen molar-refractivity contribution in [3.8, 4) is 11.5 Å². The van der Waals surface area contributed by atoms with Crippen LogP contribution >= 0.6 is 34.2 Å². The minimum Gasteiger partial charge on any atom is -0.490 e. The maximum absolute atomic E-state index is 13.3. The van der Waals surface area contributed by atoms with Crippen LogP contribution in [0.25, 0.3) is 6.08 Å². The average Bonchev–Trinajstić information content (AvgIpc) is 2.87. The minimum atomic E-state index is -4.77. The number of carbonyl (C=O) groups is 3. The van der Waals surface area contributed by atoms with E-state index in [4.69, 9.17) is 21.1 Å². The van der Waals surface area contributed by atoms with Gasteiger partial charge in [-0.05, 0) is 89.2 Å². The molecule has 1 saturated heterocycles. The van der Waals surface area contributed by atoms with E-state index in [9.17, 15) is 31.9 Å². The van der Waals surface area contributed by atoms with Crippen LogP contribution in [-0.2, 0) is 22.4 Å². The van der Waals surface area contributed by atoms with Crippen LogP contribution in [0.1, 0.15) is 23.6 Å². The molecule has 13 heteroatoms. The zero-order valence-electron chi connectivity index (χ0n) is 20.4. The number of alkyl halides is 3. The number of anilines is 1. The SMILES string of the molecule is CCOc1cc(/C=C2\C(=O)NC(=O)N(c3cc(C(F)(F)F)ccc3Cl)C2=O)cc(I)c1OCc1ccc(F)cc1.